The zero-order valence-electron chi connectivity index (χ0n) is 24.6. The van der Waals surface area contributed by atoms with Crippen molar-refractivity contribution >= 4 is 5.78 Å². The van der Waals surface area contributed by atoms with E-state index in [9.17, 15) is 14.4 Å². The fraction of sp³-hybridized carbons (Fsp3) is 0.455. The van der Waals surface area contributed by atoms with Gasteiger partial charge in [-0.1, -0.05) is 43.7 Å². The van der Waals surface area contributed by atoms with Crippen molar-refractivity contribution in [2.24, 2.45) is 0 Å². The highest BCUT2D eigenvalue weighted by Gasteiger charge is 2.46. The van der Waals surface area contributed by atoms with Crippen LogP contribution in [0, 0.1) is 24.1 Å². The van der Waals surface area contributed by atoms with E-state index < -0.39 is 11.6 Å². The fourth-order valence-corrected chi connectivity index (χ4v) is 6.53. The van der Waals surface area contributed by atoms with Gasteiger partial charge in [0.15, 0.2) is 5.79 Å². The van der Waals surface area contributed by atoms with E-state index in [4.69, 9.17) is 19.6 Å². The van der Waals surface area contributed by atoms with Crippen LogP contribution in [0.1, 0.15) is 87.1 Å². The predicted octanol–water partition coefficient (Wildman–Crippen LogP) is 6.06. The molecule has 1 aliphatic carbocycles. The molecule has 2 atom stereocenters. The minimum absolute atomic E-state index is 0.0244. The van der Waals surface area contributed by atoms with Gasteiger partial charge >= 0.3 is 0 Å². The Labute approximate surface area is 244 Å². The summed E-state index contributed by atoms with van der Waals surface area (Å²) in [4.78, 5) is 19.1. The normalized spacial score (nSPS) is 24.0. The van der Waals surface area contributed by atoms with Crippen LogP contribution in [0.15, 0.2) is 47.3 Å². The molecule has 0 radical (unpaired) electrons. The molecule has 4 aromatic rings. The average Bonchev–Trinajstić information content (AvgIpc) is 3.49. The van der Waals surface area contributed by atoms with Crippen LogP contribution < -0.4 is 5.56 Å². The summed E-state index contributed by atoms with van der Waals surface area (Å²) in [5.41, 5.74) is 4.33. The van der Waals surface area contributed by atoms with Gasteiger partial charge in [-0.2, -0.15) is 15.3 Å². The Morgan fingerprint density at radius 2 is 1.79 bits per heavy atom. The number of hydrogen-bond acceptors (Lipinski definition) is 6. The monoisotopic (exact) mass is 569 g/mol. The lowest BCUT2D eigenvalue weighted by molar-refractivity contribution is -0.196. The van der Waals surface area contributed by atoms with Gasteiger partial charge < -0.3 is 9.47 Å². The number of aromatic nitrogens is 4. The van der Waals surface area contributed by atoms with Gasteiger partial charge in [-0.15, -0.1) is 0 Å². The lowest BCUT2D eigenvalue weighted by Crippen LogP contribution is -2.40. The van der Waals surface area contributed by atoms with E-state index in [1.54, 1.807) is 6.07 Å². The highest BCUT2D eigenvalue weighted by atomic mass is 19.1. The van der Waals surface area contributed by atoms with E-state index in [1.807, 2.05) is 54.1 Å². The summed E-state index contributed by atoms with van der Waals surface area (Å²) in [6.45, 7) is 8.05. The second-order valence-corrected chi connectivity index (χ2v) is 11.7. The van der Waals surface area contributed by atoms with Crippen molar-refractivity contribution in [3.8, 4) is 17.2 Å². The number of hydrogen-bond donors (Lipinski definition) is 0. The molecule has 9 heteroatoms. The van der Waals surface area contributed by atoms with Crippen molar-refractivity contribution in [2.45, 2.75) is 96.7 Å². The number of ether oxygens (including phenoxy) is 2. The van der Waals surface area contributed by atoms with Crippen LogP contribution in [0.25, 0.3) is 16.9 Å². The molecule has 218 valence electrons. The molecule has 3 heterocycles. The summed E-state index contributed by atoms with van der Waals surface area (Å²) < 4.78 is 29.9. The molecule has 1 spiro atoms. The van der Waals surface area contributed by atoms with Gasteiger partial charge in [-0.05, 0) is 68.9 Å². The first-order valence-corrected chi connectivity index (χ1v) is 14.9. The molecule has 2 unspecified atom stereocenters. The molecular weight excluding hydrogens is 533 g/mol. The first-order valence-electron chi connectivity index (χ1n) is 14.9. The summed E-state index contributed by atoms with van der Waals surface area (Å²) in [6, 6.07) is 14.1. The Morgan fingerprint density at radius 1 is 1.10 bits per heavy atom. The second-order valence-electron chi connectivity index (χ2n) is 11.7. The summed E-state index contributed by atoms with van der Waals surface area (Å²) in [5.74, 6) is 0.218. The van der Waals surface area contributed by atoms with Crippen molar-refractivity contribution in [1.82, 2.24) is 19.2 Å². The number of halogens is 1. The van der Waals surface area contributed by atoms with E-state index in [0.29, 0.717) is 30.0 Å². The third-order valence-electron chi connectivity index (χ3n) is 8.77. The third kappa shape index (κ3) is 5.03. The van der Waals surface area contributed by atoms with Crippen molar-refractivity contribution in [1.29, 1.82) is 5.26 Å². The minimum atomic E-state index is -0.568. The van der Waals surface area contributed by atoms with Crippen molar-refractivity contribution < 1.29 is 13.9 Å². The molecule has 2 aliphatic rings. The van der Waals surface area contributed by atoms with Gasteiger partial charge in [-0.25, -0.2) is 8.91 Å². The molecular formula is C33H36FN5O3. The summed E-state index contributed by atoms with van der Waals surface area (Å²) in [5, 5.41) is 14.2. The van der Waals surface area contributed by atoms with Gasteiger partial charge in [0.05, 0.1) is 29.5 Å². The molecule has 0 N–H and O–H groups in total. The van der Waals surface area contributed by atoms with E-state index in [-0.39, 0.29) is 29.4 Å². The van der Waals surface area contributed by atoms with Crippen LogP contribution in [0.3, 0.4) is 0 Å². The van der Waals surface area contributed by atoms with Crippen molar-refractivity contribution in [2.75, 3.05) is 0 Å². The Hall–Kier alpha value is -3.87. The van der Waals surface area contributed by atoms with Crippen LogP contribution in [-0.2, 0) is 22.3 Å². The maximum absolute atomic E-state index is 14.4. The van der Waals surface area contributed by atoms with Crippen LogP contribution in [-0.4, -0.2) is 37.2 Å². The third-order valence-corrected chi connectivity index (χ3v) is 8.77. The topological polar surface area (TPSA) is 94.4 Å². The van der Waals surface area contributed by atoms with Crippen molar-refractivity contribution in [3.63, 3.8) is 0 Å². The highest BCUT2D eigenvalue weighted by molar-refractivity contribution is 5.70. The molecule has 6 rings (SSSR count). The number of fused-ring (bicyclic) bond motifs is 1. The van der Waals surface area contributed by atoms with E-state index in [2.05, 4.69) is 13.0 Å². The molecule has 1 saturated carbocycles. The standard InChI is InChI=1S/C33H36FN5O3/c1-5-6-30-29(17-23-7-9-24(10-8-23)28-12-11-26(34)18-25(28)19-35)31(40)38(32-36-22(4)37-39(30)32)27-13-15-33(16-14-27)41-20(2)21(3)42-33/h7-12,18,20-21,27H,5-6,13-17H2,1-4H3. The Kier molecular flexibility index (Phi) is 7.46. The lowest BCUT2D eigenvalue weighted by atomic mass is 9.89. The highest BCUT2D eigenvalue weighted by Crippen LogP contribution is 2.43. The molecule has 42 heavy (non-hydrogen) atoms. The van der Waals surface area contributed by atoms with E-state index in [0.717, 1.165) is 54.5 Å². The van der Waals surface area contributed by atoms with E-state index >= 15 is 0 Å². The molecule has 2 aromatic carbocycles. The second kappa shape index (κ2) is 11.1. The fourth-order valence-electron chi connectivity index (χ4n) is 6.53. The molecule has 1 aliphatic heterocycles. The maximum atomic E-state index is 14.4. The molecule has 2 aromatic heterocycles. The zero-order chi connectivity index (χ0) is 29.6. The number of rotatable bonds is 6. The van der Waals surface area contributed by atoms with Gasteiger partial charge in [0.1, 0.15) is 11.6 Å². The van der Waals surface area contributed by atoms with E-state index in [1.165, 1.54) is 12.1 Å². The van der Waals surface area contributed by atoms with Crippen molar-refractivity contribution in [3.05, 3.63) is 86.8 Å². The number of aryl methyl sites for hydroxylation is 2. The minimum Gasteiger partial charge on any atom is -0.344 e. The average molecular weight is 570 g/mol. The summed E-state index contributed by atoms with van der Waals surface area (Å²) >= 11 is 0. The van der Waals surface area contributed by atoms with Crippen LogP contribution >= 0.6 is 0 Å². The van der Waals surface area contributed by atoms with Crippen LogP contribution in [0.5, 0.6) is 0 Å². The first kappa shape index (κ1) is 28.3. The van der Waals surface area contributed by atoms with Crippen LogP contribution in [0.2, 0.25) is 0 Å². The smallest absolute Gasteiger partial charge is 0.259 e. The van der Waals surface area contributed by atoms with Gasteiger partial charge in [0, 0.05) is 30.9 Å². The molecule has 8 nitrogen and oxygen atoms in total. The SMILES string of the molecule is CCCc1c(Cc2ccc(-c3ccc(F)cc3C#N)cc2)c(=O)n(C2CCC3(CC2)OC(C)C(C)O3)c2nc(C)nn12. The molecule has 0 bridgehead atoms. The molecule has 1 saturated heterocycles. The van der Waals surface area contributed by atoms with Gasteiger partial charge in [-0.3, -0.25) is 9.36 Å². The zero-order valence-corrected chi connectivity index (χ0v) is 24.6. The molecule has 0 amide bonds. The first-order chi connectivity index (χ1) is 20.2. The Bertz CT molecular complexity index is 1720. The molecule has 2 fully saturated rings. The Morgan fingerprint density at radius 3 is 2.43 bits per heavy atom. The number of nitriles is 1. The quantitative estimate of drug-likeness (QED) is 0.280. The summed E-state index contributed by atoms with van der Waals surface area (Å²) in [7, 11) is 0. The largest absolute Gasteiger partial charge is 0.344 e. The van der Waals surface area contributed by atoms with Gasteiger partial charge in [0.25, 0.3) is 5.56 Å². The Balaban J connectivity index is 1.36. The van der Waals surface area contributed by atoms with Gasteiger partial charge in [0.2, 0.25) is 5.78 Å². The lowest BCUT2D eigenvalue weighted by Gasteiger charge is -2.36. The summed E-state index contributed by atoms with van der Waals surface area (Å²) in [6.07, 6.45) is 5.06. The maximum Gasteiger partial charge on any atom is 0.259 e. The number of benzene rings is 2. The number of nitrogens with zero attached hydrogens (tertiary/aromatic N) is 5. The van der Waals surface area contributed by atoms with Crippen LogP contribution in [0.4, 0.5) is 4.39 Å². The predicted molar refractivity (Wildman–Crippen MR) is 157 cm³/mol.